The number of hydrogen-bond donors (Lipinski definition) is 2. The fourth-order valence-electron chi connectivity index (χ4n) is 1.29. The average Bonchev–Trinajstić information content (AvgIpc) is 2.58. The van der Waals surface area contributed by atoms with Crippen LogP contribution in [-0.2, 0) is 0 Å². The second-order valence-electron chi connectivity index (χ2n) is 3.84. The summed E-state index contributed by atoms with van der Waals surface area (Å²) in [5.41, 5.74) is 5.33. The molecule has 3 N–H and O–H groups in total. The predicted molar refractivity (Wildman–Crippen MR) is 55.2 cm³/mol. The number of rotatable bonds is 3. The Morgan fingerprint density at radius 3 is 2.53 bits per heavy atom. The minimum atomic E-state index is -4.45. The first-order chi connectivity index (χ1) is 7.72. The van der Waals surface area contributed by atoms with E-state index in [1.165, 1.54) is 20.0 Å². The van der Waals surface area contributed by atoms with E-state index in [0.717, 1.165) is 0 Å². The van der Waals surface area contributed by atoms with Crippen molar-refractivity contribution in [3.8, 4) is 0 Å². The van der Waals surface area contributed by atoms with Crippen LogP contribution in [-0.4, -0.2) is 39.8 Å². The summed E-state index contributed by atoms with van der Waals surface area (Å²) in [4.78, 5) is 12.5. The predicted octanol–water partition coefficient (Wildman–Crippen LogP) is 1.40. The minimum Gasteiger partial charge on any atom is -0.396 e. The highest BCUT2D eigenvalue weighted by Gasteiger charge is 2.35. The molecule has 0 spiro atoms. The zero-order chi connectivity index (χ0) is 13.2. The zero-order valence-electron chi connectivity index (χ0n) is 9.38. The molecule has 0 atom stereocenters. The molecule has 0 radical (unpaired) electrons. The van der Waals surface area contributed by atoms with E-state index in [9.17, 15) is 18.0 Å². The van der Waals surface area contributed by atoms with Crippen molar-refractivity contribution in [1.29, 1.82) is 0 Å². The molecule has 96 valence electrons. The van der Waals surface area contributed by atoms with Gasteiger partial charge in [0.2, 0.25) is 0 Å². The third-order valence-electron chi connectivity index (χ3n) is 2.12. The normalized spacial score (nSPS) is 11.9. The lowest BCUT2D eigenvalue weighted by atomic mass is 10.2. The van der Waals surface area contributed by atoms with Crippen LogP contribution < -0.4 is 5.73 Å². The number of nitrogens with two attached hydrogens (primary N) is 1. The molecule has 0 saturated heterocycles. The number of amides is 1. The van der Waals surface area contributed by atoms with Crippen molar-refractivity contribution in [2.45, 2.75) is 26.1 Å². The molecule has 0 aromatic carbocycles. The van der Waals surface area contributed by atoms with Crippen molar-refractivity contribution in [3.63, 3.8) is 0 Å². The first-order valence-electron chi connectivity index (χ1n) is 4.89. The van der Waals surface area contributed by atoms with Crippen molar-refractivity contribution in [3.05, 3.63) is 11.9 Å². The van der Waals surface area contributed by atoms with Crippen LogP contribution in [0.5, 0.6) is 0 Å². The highest BCUT2D eigenvalue weighted by molar-refractivity contribution is 5.97. The molecule has 1 aromatic heterocycles. The summed E-state index contributed by atoms with van der Waals surface area (Å²) in [5, 5.41) is 5.80. The summed E-state index contributed by atoms with van der Waals surface area (Å²) >= 11 is 0. The molecule has 17 heavy (non-hydrogen) atoms. The Morgan fingerprint density at radius 2 is 2.18 bits per heavy atom. The van der Waals surface area contributed by atoms with Gasteiger partial charge in [-0.3, -0.25) is 9.89 Å². The number of aromatic amines is 1. The number of nitrogen functional groups attached to an aromatic ring is 1. The topological polar surface area (TPSA) is 75.0 Å². The summed E-state index contributed by atoms with van der Waals surface area (Å²) in [7, 11) is 0. The van der Waals surface area contributed by atoms with E-state index in [1.54, 1.807) is 0 Å². The lowest BCUT2D eigenvalue weighted by Crippen LogP contribution is -2.43. The van der Waals surface area contributed by atoms with E-state index in [2.05, 4.69) is 10.2 Å². The number of carbonyl (C=O) groups is 1. The van der Waals surface area contributed by atoms with Crippen LogP contribution in [0.2, 0.25) is 0 Å². The van der Waals surface area contributed by atoms with Gasteiger partial charge in [-0.2, -0.15) is 18.3 Å². The summed E-state index contributed by atoms with van der Waals surface area (Å²) < 4.78 is 37.0. The van der Waals surface area contributed by atoms with Gasteiger partial charge < -0.3 is 10.6 Å². The maximum absolute atomic E-state index is 12.3. The van der Waals surface area contributed by atoms with Crippen LogP contribution >= 0.6 is 0 Å². The molecule has 1 rings (SSSR count). The molecule has 0 aliphatic carbocycles. The van der Waals surface area contributed by atoms with Gasteiger partial charge in [-0.05, 0) is 13.8 Å². The third-order valence-corrected chi connectivity index (χ3v) is 2.12. The molecule has 1 heterocycles. The third kappa shape index (κ3) is 3.36. The molecule has 1 aromatic rings. The van der Waals surface area contributed by atoms with Crippen molar-refractivity contribution in [2.24, 2.45) is 0 Å². The molecular weight excluding hydrogens is 237 g/mol. The Hall–Kier alpha value is -1.73. The Kier molecular flexibility index (Phi) is 3.64. The smallest absolute Gasteiger partial charge is 0.396 e. The molecule has 0 saturated carbocycles. The monoisotopic (exact) mass is 250 g/mol. The van der Waals surface area contributed by atoms with Crippen molar-refractivity contribution in [1.82, 2.24) is 15.1 Å². The number of alkyl halides is 3. The molecule has 0 aliphatic heterocycles. The Balaban J connectivity index is 2.93. The van der Waals surface area contributed by atoms with Crippen LogP contribution in [0.1, 0.15) is 24.3 Å². The SMILES string of the molecule is CC(C)N(CC(F)(F)F)C(=O)c1[nH]ncc1N. The van der Waals surface area contributed by atoms with Crippen LogP contribution in [0.3, 0.4) is 0 Å². The molecule has 0 aliphatic rings. The Morgan fingerprint density at radius 1 is 1.59 bits per heavy atom. The van der Waals surface area contributed by atoms with Crippen molar-refractivity contribution < 1.29 is 18.0 Å². The second kappa shape index (κ2) is 4.64. The van der Waals surface area contributed by atoms with E-state index in [-0.39, 0.29) is 11.4 Å². The molecule has 8 heteroatoms. The number of nitrogens with zero attached hydrogens (tertiary/aromatic N) is 2. The summed E-state index contributed by atoms with van der Waals surface area (Å²) in [5.74, 6) is -0.813. The minimum absolute atomic E-state index is 0.0304. The van der Waals surface area contributed by atoms with E-state index < -0.39 is 24.7 Å². The van der Waals surface area contributed by atoms with Gasteiger partial charge >= 0.3 is 6.18 Å². The first kappa shape index (κ1) is 13.3. The largest absolute Gasteiger partial charge is 0.406 e. The van der Waals surface area contributed by atoms with Crippen molar-refractivity contribution >= 4 is 11.6 Å². The molecule has 0 unspecified atom stereocenters. The second-order valence-corrected chi connectivity index (χ2v) is 3.84. The van der Waals surface area contributed by atoms with E-state index >= 15 is 0 Å². The molecule has 0 fully saturated rings. The quantitative estimate of drug-likeness (QED) is 0.851. The molecule has 5 nitrogen and oxygen atoms in total. The van der Waals surface area contributed by atoms with Crippen molar-refractivity contribution in [2.75, 3.05) is 12.3 Å². The number of halogens is 3. The van der Waals surface area contributed by atoms with Crippen LogP contribution in [0.15, 0.2) is 6.20 Å². The van der Waals surface area contributed by atoms with Crippen LogP contribution in [0.25, 0.3) is 0 Å². The van der Waals surface area contributed by atoms with E-state index in [1.807, 2.05) is 0 Å². The highest BCUT2D eigenvalue weighted by atomic mass is 19.4. The number of aromatic nitrogens is 2. The Bertz CT molecular complexity index is 399. The zero-order valence-corrected chi connectivity index (χ0v) is 9.38. The summed E-state index contributed by atoms with van der Waals surface area (Å²) in [6.07, 6.45) is -3.27. The standard InChI is InChI=1S/C9H13F3N4O/c1-5(2)16(4-9(10,11)12)8(17)7-6(13)3-14-15-7/h3,5H,4,13H2,1-2H3,(H,14,15). The van der Waals surface area contributed by atoms with Gasteiger partial charge in [-0.1, -0.05) is 0 Å². The van der Waals surface area contributed by atoms with E-state index in [0.29, 0.717) is 4.90 Å². The van der Waals surface area contributed by atoms with Gasteiger partial charge in [0.15, 0.2) is 0 Å². The summed E-state index contributed by atoms with van der Waals surface area (Å²) in [6.45, 7) is 1.67. The van der Waals surface area contributed by atoms with Gasteiger partial charge in [0.05, 0.1) is 11.9 Å². The van der Waals surface area contributed by atoms with E-state index in [4.69, 9.17) is 5.73 Å². The first-order valence-corrected chi connectivity index (χ1v) is 4.89. The lowest BCUT2D eigenvalue weighted by molar-refractivity contribution is -0.143. The number of hydrogen-bond acceptors (Lipinski definition) is 3. The fourth-order valence-corrected chi connectivity index (χ4v) is 1.29. The number of carbonyl (C=O) groups excluding carboxylic acids is 1. The lowest BCUT2D eigenvalue weighted by Gasteiger charge is -2.27. The maximum atomic E-state index is 12.3. The molecule has 1 amide bonds. The summed E-state index contributed by atoms with van der Waals surface area (Å²) in [6, 6.07) is -0.591. The van der Waals surface area contributed by atoms with Gasteiger partial charge in [0.25, 0.3) is 5.91 Å². The van der Waals surface area contributed by atoms with Gasteiger partial charge in [-0.15, -0.1) is 0 Å². The molecule has 0 bridgehead atoms. The van der Waals surface area contributed by atoms with Gasteiger partial charge in [0.1, 0.15) is 12.2 Å². The maximum Gasteiger partial charge on any atom is 0.406 e. The van der Waals surface area contributed by atoms with Crippen LogP contribution in [0, 0.1) is 0 Å². The number of anilines is 1. The fraction of sp³-hybridized carbons (Fsp3) is 0.556. The van der Waals surface area contributed by atoms with Crippen LogP contribution in [0.4, 0.5) is 18.9 Å². The molecular formula is C9H13F3N4O. The van der Waals surface area contributed by atoms with Gasteiger partial charge in [0, 0.05) is 6.04 Å². The average molecular weight is 250 g/mol. The Labute approximate surface area is 95.8 Å². The number of nitrogens with one attached hydrogen (secondary N) is 1. The van der Waals surface area contributed by atoms with Gasteiger partial charge in [-0.25, -0.2) is 0 Å². The number of H-pyrrole nitrogens is 1. The highest BCUT2D eigenvalue weighted by Crippen LogP contribution is 2.20.